The van der Waals surface area contributed by atoms with Gasteiger partial charge in [0.15, 0.2) is 28.8 Å². The number of carbonyl (C=O) groups excluding carboxylic acids is 2. The van der Waals surface area contributed by atoms with Crippen molar-refractivity contribution >= 4 is 22.7 Å². The molecule has 0 amide bonds. The number of carbonyl (C=O) groups is 2. The van der Waals surface area contributed by atoms with Crippen LogP contribution in [-0.4, -0.2) is 30.5 Å². The first-order chi connectivity index (χ1) is 19.8. The third kappa shape index (κ3) is 5.34. The molecular weight excluding hydrogens is 525 g/mol. The molecule has 3 aromatic carbocycles. The molecule has 0 aliphatic heterocycles. The van der Waals surface area contributed by atoms with Crippen LogP contribution in [0.15, 0.2) is 72.9 Å². The minimum atomic E-state index is -1.17. The van der Waals surface area contributed by atoms with Gasteiger partial charge in [-0.1, -0.05) is 50.2 Å². The Hall–Kier alpha value is -4.46. The normalized spacial score (nSPS) is 19.4. The van der Waals surface area contributed by atoms with Crippen LogP contribution in [0.3, 0.4) is 0 Å². The Bertz CT molecular complexity index is 1580. The number of rotatable bonds is 11. The molecule has 1 heterocycles. The van der Waals surface area contributed by atoms with Gasteiger partial charge in [-0.25, -0.2) is 4.39 Å². The zero-order valence-corrected chi connectivity index (χ0v) is 23.5. The van der Waals surface area contributed by atoms with Crippen molar-refractivity contribution in [3.8, 4) is 23.0 Å². The standard InChI is InChI=1S/C33H32FNO6/c1-5-39-32(37)33(20(2)21(33)3)31(36)16-23-11-12-28(25(34)15-23)41-27-13-14-35-26-18-30(29(38-4)17-24(26)27)40-19-22-9-7-6-8-10-22/h6-15,17-18,20-21H,5,16,19H2,1-4H3/t20-,21-/m1/s1. The van der Waals surface area contributed by atoms with Crippen molar-refractivity contribution in [1.82, 2.24) is 4.98 Å². The first-order valence-electron chi connectivity index (χ1n) is 13.6. The molecule has 7 nitrogen and oxygen atoms in total. The van der Waals surface area contributed by atoms with Crippen molar-refractivity contribution in [2.24, 2.45) is 17.3 Å². The van der Waals surface area contributed by atoms with Gasteiger partial charge < -0.3 is 18.9 Å². The Balaban J connectivity index is 1.35. The number of hydrogen-bond donors (Lipinski definition) is 0. The second-order valence-corrected chi connectivity index (χ2v) is 10.2. The van der Waals surface area contributed by atoms with Crippen LogP contribution in [0.25, 0.3) is 10.9 Å². The molecular formula is C33H32FNO6. The largest absolute Gasteiger partial charge is 0.493 e. The number of aromatic nitrogens is 1. The van der Waals surface area contributed by atoms with Gasteiger partial charge in [0.25, 0.3) is 0 Å². The maximum absolute atomic E-state index is 15.2. The lowest BCUT2D eigenvalue weighted by molar-refractivity contribution is -0.154. The number of ether oxygens (including phenoxy) is 4. The van der Waals surface area contributed by atoms with Crippen molar-refractivity contribution < 1.29 is 32.9 Å². The quantitative estimate of drug-likeness (QED) is 0.150. The topological polar surface area (TPSA) is 84.0 Å². The number of fused-ring (bicyclic) bond motifs is 1. The van der Waals surface area contributed by atoms with Crippen molar-refractivity contribution in [1.29, 1.82) is 0 Å². The lowest BCUT2D eigenvalue weighted by atomic mass is 9.91. The predicted molar refractivity (Wildman–Crippen MR) is 152 cm³/mol. The fourth-order valence-electron chi connectivity index (χ4n) is 5.43. The van der Waals surface area contributed by atoms with Crippen molar-refractivity contribution in [3.05, 3.63) is 89.9 Å². The SMILES string of the molecule is CCOC(=O)C1(C(=O)Cc2ccc(Oc3ccnc4cc(OCc5ccccc5)c(OC)cc34)c(F)c2)[C@H](C)[C@H]1C. The molecule has 1 aliphatic rings. The summed E-state index contributed by atoms with van der Waals surface area (Å²) in [6.45, 7) is 6.00. The summed E-state index contributed by atoms with van der Waals surface area (Å²) in [5.41, 5.74) is 0.889. The van der Waals surface area contributed by atoms with Gasteiger partial charge in [-0.05, 0) is 54.2 Å². The van der Waals surface area contributed by atoms with E-state index in [9.17, 15) is 9.59 Å². The number of methoxy groups -OCH3 is 1. The number of benzene rings is 3. The molecule has 0 unspecified atom stereocenters. The van der Waals surface area contributed by atoms with E-state index in [0.717, 1.165) is 5.56 Å². The highest BCUT2D eigenvalue weighted by molar-refractivity contribution is 6.08. The second-order valence-electron chi connectivity index (χ2n) is 10.2. The highest BCUT2D eigenvalue weighted by atomic mass is 19.1. The number of esters is 1. The summed E-state index contributed by atoms with van der Waals surface area (Å²) in [5.74, 6) is -0.255. The highest BCUT2D eigenvalue weighted by Crippen LogP contribution is 2.60. The third-order valence-corrected chi connectivity index (χ3v) is 7.96. The molecule has 0 N–H and O–H groups in total. The minimum absolute atomic E-state index is 0.00895. The molecule has 8 heteroatoms. The van der Waals surface area contributed by atoms with E-state index in [1.165, 1.54) is 12.1 Å². The van der Waals surface area contributed by atoms with Crippen LogP contribution >= 0.6 is 0 Å². The zero-order chi connectivity index (χ0) is 29.1. The average Bonchev–Trinajstić information content (AvgIpc) is 3.54. The Morgan fingerprint density at radius 3 is 2.32 bits per heavy atom. The van der Waals surface area contributed by atoms with Gasteiger partial charge in [0.1, 0.15) is 17.8 Å². The fourth-order valence-corrected chi connectivity index (χ4v) is 5.43. The van der Waals surface area contributed by atoms with E-state index < -0.39 is 17.2 Å². The average molecular weight is 558 g/mol. The summed E-state index contributed by atoms with van der Waals surface area (Å²) in [7, 11) is 1.54. The van der Waals surface area contributed by atoms with E-state index in [1.807, 2.05) is 44.2 Å². The summed E-state index contributed by atoms with van der Waals surface area (Å²) in [6.07, 6.45) is 1.49. The van der Waals surface area contributed by atoms with Gasteiger partial charge in [-0.15, -0.1) is 0 Å². The first kappa shape index (κ1) is 28.1. The molecule has 0 spiro atoms. The number of hydrogen-bond acceptors (Lipinski definition) is 7. The summed E-state index contributed by atoms with van der Waals surface area (Å²) in [6, 6.07) is 19.3. The Morgan fingerprint density at radius 1 is 0.902 bits per heavy atom. The van der Waals surface area contributed by atoms with E-state index in [2.05, 4.69) is 4.98 Å². The maximum atomic E-state index is 15.2. The number of ketones is 1. The number of halogens is 1. The number of pyridine rings is 1. The van der Waals surface area contributed by atoms with Gasteiger partial charge >= 0.3 is 5.97 Å². The first-order valence-corrected chi connectivity index (χ1v) is 13.6. The predicted octanol–water partition coefficient (Wildman–Crippen LogP) is 6.70. The lowest BCUT2D eigenvalue weighted by Gasteiger charge is -2.16. The molecule has 1 aromatic heterocycles. The summed E-state index contributed by atoms with van der Waals surface area (Å²) < 4.78 is 37.9. The van der Waals surface area contributed by atoms with Crippen LogP contribution in [0, 0.1) is 23.1 Å². The van der Waals surface area contributed by atoms with Crippen LogP contribution in [0.1, 0.15) is 31.9 Å². The van der Waals surface area contributed by atoms with Crippen LogP contribution < -0.4 is 14.2 Å². The third-order valence-electron chi connectivity index (χ3n) is 7.96. The Morgan fingerprint density at radius 2 is 1.66 bits per heavy atom. The molecule has 212 valence electrons. The van der Waals surface area contributed by atoms with E-state index in [1.54, 1.807) is 44.5 Å². The van der Waals surface area contributed by atoms with Crippen molar-refractivity contribution in [2.75, 3.05) is 13.7 Å². The van der Waals surface area contributed by atoms with Crippen LogP contribution in [0.5, 0.6) is 23.0 Å². The summed E-state index contributed by atoms with van der Waals surface area (Å²) >= 11 is 0. The molecule has 1 fully saturated rings. The zero-order valence-electron chi connectivity index (χ0n) is 23.5. The van der Waals surface area contributed by atoms with Gasteiger partial charge in [0.05, 0.1) is 19.2 Å². The summed E-state index contributed by atoms with van der Waals surface area (Å²) in [5, 5.41) is 0.614. The molecule has 5 rings (SSSR count). The highest BCUT2D eigenvalue weighted by Gasteiger charge is 2.70. The smallest absolute Gasteiger partial charge is 0.320 e. The molecule has 2 atom stereocenters. The van der Waals surface area contributed by atoms with Gasteiger partial charge in [0.2, 0.25) is 0 Å². The van der Waals surface area contributed by atoms with Crippen LogP contribution in [0.2, 0.25) is 0 Å². The molecule has 0 saturated heterocycles. The van der Waals surface area contributed by atoms with Crippen molar-refractivity contribution in [2.45, 2.75) is 33.8 Å². The molecule has 0 radical (unpaired) electrons. The molecule has 1 saturated carbocycles. The monoisotopic (exact) mass is 557 g/mol. The molecule has 4 aromatic rings. The van der Waals surface area contributed by atoms with Crippen LogP contribution in [0.4, 0.5) is 4.39 Å². The summed E-state index contributed by atoms with van der Waals surface area (Å²) in [4.78, 5) is 30.2. The van der Waals surface area contributed by atoms with Gasteiger partial charge in [-0.2, -0.15) is 0 Å². The maximum Gasteiger partial charge on any atom is 0.320 e. The number of Topliss-reactive ketones (excluding diaryl/α,β-unsaturated/α-hetero) is 1. The lowest BCUT2D eigenvalue weighted by Crippen LogP contribution is -2.32. The van der Waals surface area contributed by atoms with Crippen molar-refractivity contribution in [3.63, 3.8) is 0 Å². The van der Waals surface area contributed by atoms with E-state index in [4.69, 9.17) is 18.9 Å². The molecule has 1 aliphatic carbocycles. The Kier molecular flexibility index (Phi) is 7.92. The van der Waals surface area contributed by atoms with Gasteiger partial charge in [0, 0.05) is 24.1 Å². The molecule has 41 heavy (non-hydrogen) atoms. The Labute approximate surface area is 238 Å². The minimum Gasteiger partial charge on any atom is -0.493 e. The van der Waals surface area contributed by atoms with Crippen LogP contribution in [-0.2, 0) is 27.4 Å². The van der Waals surface area contributed by atoms with Gasteiger partial charge in [-0.3, -0.25) is 14.6 Å². The fraction of sp³-hybridized carbons (Fsp3) is 0.303. The second kappa shape index (κ2) is 11.6. The van der Waals surface area contributed by atoms with E-state index >= 15 is 4.39 Å². The van der Waals surface area contributed by atoms with E-state index in [0.29, 0.717) is 40.3 Å². The van der Waals surface area contributed by atoms with E-state index in [-0.39, 0.29) is 36.4 Å². The number of nitrogens with zero attached hydrogens (tertiary/aromatic N) is 1. The molecule has 0 bridgehead atoms.